The van der Waals surface area contributed by atoms with E-state index in [1.807, 2.05) is 4.90 Å². The molecule has 0 radical (unpaired) electrons. The number of thiophene rings is 1. The monoisotopic (exact) mass is 252 g/mol. The van der Waals surface area contributed by atoms with Crippen LogP contribution in [0.4, 0.5) is 0 Å². The van der Waals surface area contributed by atoms with E-state index in [0.717, 1.165) is 32.5 Å². The molecule has 1 aliphatic heterocycles. The Hall–Kier alpha value is -0.870. The Balaban J connectivity index is 1.98. The van der Waals surface area contributed by atoms with Crippen molar-refractivity contribution >= 4 is 17.2 Å². The fourth-order valence-corrected chi connectivity index (χ4v) is 3.20. The summed E-state index contributed by atoms with van der Waals surface area (Å²) in [5, 5.41) is 3.27. The van der Waals surface area contributed by atoms with Crippen LogP contribution in [0.1, 0.15) is 29.5 Å². The average Bonchev–Trinajstić information content (AvgIpc) is 2.70. The van der Waals surface area contributed by atoms with Crippen molar-refractivity contribution in [1.82, 2.24) is 10.2 Å². The standard InChI is InChI=1S/C13H20N2OS/c1-3-14-12-5-4-8-15(13(12)16)9-11-7-6-10(2)17-11/h6-7,12,14H,3-5,8-9H2,1-2H3. The normalized spacial score (nSPS) is 20.9. The van der Waals surface area contributed by atoms with E-state index in [9.17, 15) is 4.79 Å². The molecule has 2 rings (SSSR count). The number of likely N-dealkylation sites (N-methyl/N-ethyl adjacent to an activating group) is 1. The molecule has 0 aromatic carbocycles. The highest BCUT2D eigenvalue weighted by molar-refractivity contribution is 7.11. The number of hydrogen-bond acceptors (Lipinski definition) is 3. The van der Waals surface area contributed by atoms with Gasteiger partial charge in [-0.05, 0) is 38.4 Å². The number of likely N-dealkylation sites (tertiary alicyclic amines) is 1. The summed E-state index contributed by atoms with van der Waals surface area (Å²) < 4.78 is 0. The first-order valence-electron chi connectivity index (χ1n) is 6.28. The molecule has 1 N–H and O–H groups in total. The summed E-state index contributed by atoms with van der Waals surface area (Å²) in [5.74, 6) is 0.268. The van der Waals surface area contributed by atoms with Gasteiger partial charge in [0.05, 0.1) is 12.6 Å². The molecule has 94 valence electrons. The van der Waals surface area contributed by atoms with Crippen LogP contribution >= 0.6 is 11.3 Å². The lowest BCUT2D eigenvalue weighted by atomic mass is 10.0. The van der Waals surface area contributed by atoms with E-state index in [1.165, 1.54) is 9.75 Å². The molecule has 1 fully saturated rings. The van der Waals surface area contributed by atoms with Crippen LogP contribution in [0.2, 0.25) is 0 Å². The van der Waals surface area contributed by atoms with Crippen LogP contribution in [-0.2, 0) is 11.3 Å². The van der Waals surface area contributed by atoms with E-state index >= 15 is 0 Å². The van der Waals surface area contributed by atoms with Gasteiger partial charge in [0.1, 0.15) is 0 Å². The lowest BCUT2D eigenvalue weighted by Gasteiger charge is -2.32. The highest BCUT2D eigenvalue weighted by atomic mass is 32.1. The fraction of sp³-hybridized carbons (Fsp3) is 0.615. The smallest absolute Gasteiger partial charge is 0.240 e. The predicted molar refractivity (Wildman–Crippen MR) is 71.2 cm³/mol. The van der Waals surface area contributed by atoms with E-state index in [4.69, 9.17) is 0 Å². The predicted octanol–water partition coefficient (Wildman–Crippen LogP) is 2.16. The van der Waals surface area contributed by atoms with Crippen LogP contribution in [-0.4, -0.2) is 29.9 Å². The Kier molecular flexibility index (Phi) is 4.18. The van der Waals surface area contributed by atoms with Gasteiger partial charge in [0.25, 0.3) is 0 Å². The van der Waals surface area contributed by atoms with Crippen molar-refractivity contribution in [3.8, 4) is 0 Å². The number of aryl methyl sites for hydroxylation is 1. The van der Waals surface area contributed by atoms with Gasteiger partial charge < -0.3 is 10.2 Å². The molecule has 1 aliphatic rings. The van der Waals surface area contributed by atoms with Gasteiger partial charge in [-0.3, -0.25) is 4.79 Å². The van der Waals surface area contributed by atoms with Crippen LogP contribution in [0.3, 0.4) is 0 Å². The first-order valence-corrected chi connectivity index (χ1v) is 7.10. The van der Waals surface area contributed by atoms with Crippen molar-refractivity contribution in [2.45, 2.75) is 39.3 Å². The van der Waals surface area contributed by atoms with Crippen molar-refractivity contribution in [2.75, 3.05) is 13.1 Å². The van der Waals surface area contributed by atoms with E-state index in [-0.39, 0.29) is 11.9 Å². The van der Waals surface area contributed by atoms with Gasteiger partial charge in [0.2, 0.25) is 5.91 Å². The molecule has 17 heavy (non-hydrogen) atoms. The van der Waals surface area contributed by atoms with Crippen molar-refractivity contribution < 1.29 is 4.79 Å². The second kappa shape index (κ2) is 5.65. The summed E-state index contributed by atoms with van der Waals surface area (Å²) in [6.45, 7) is 6.70. The van der Waals surface area contributed by atoms with Gasteiger partial charge in [-0.1, -0.05) is 6.92 Å². The fourth-order valence-electron chi connectivity index (χ4n) is 2.29. The first-order chi connectivity index (χ1) is 8.20. The SMILES string of the molecule is CCNC1CCCN(Cc2ccc(C)s2)C1=O. The molecule has 0 aliphatic carbocycles. The first kappa shape index (κ1) is 12.6. The quantitative estimate of drug-likeness (QED) is 0.890. The van der Waals surface area contributed by atoms with Gasteiger partial charge in [-0.25, -0.2) is 0 Å². The molecule has 1 saturated heterocycles. The molecule has 1 atom stereocenters. The molecule has 1 aromatic rings. The van der Waals surface area contributed by atoms with Crippen LogP contribution in [0.5, 0.6) is 0 Å². The van der Waals surface area contributed by atoms with Crippen molar-refractivity contribution in [1.29, 1.82) is 0 Å². The maximum Gasteiger partial charge on any atom is 0.240 e. The largest absolute Gasteiger partial charge is 0.336 e. The van der Waals surface area contributed by atoms with Crippen molar-refractivity contribution in [2.24, 2.45) is 0 Å². The number of nitrogens with one attached hydrogen (secondary N) is 1. The molecular weight excluding hydrogens is 232 g/mol. The molecule has 0 saturated carbocycles. The number of carbonyl (C=O) groups is 1. The number of piperidine rings is 1. The third-order valence-electron chi connectivity index (χ3n) is 3.12. The van der Waals surface area contributed by atoms with Crippen LogP contribution < -0.4 is 5.32 Å². The summed E-state index contributed by atoms with van der Waals surface area (Å²) in [5.41, 5.74) is 0. The molecule has 0 bridgehead atoms. The van der Waals surface area contributed by atoms with E-state index < -0.39 is 0 Å². The van der Waals surface area contributed by atoms with Gasteiger partial charge >= 0.3 is 0 Å². The maximum absolute atomic E-state index is 12.2. The zero-order valence-electron chi connectivity index (χ0n) is 10.5. The number of rotatable bonds is 4. The minimum Gasteiger partial charge on any atom is -0.336 e. The van der Waals surface area contributed by atoms with Crippen LogP contribution in [0.15, 0.2) is 12.1 Å². The summed E-state index contributed by atoms with van der Waals surface area (Å²) in [6, 6.07) is 4.29. The summed E-state index contributed by atoms with van der Waals surface area (Å²) in [7, 11) is 0. The molecule has 1 unspecified atom stereocenters. The van der Waals surface area contributed by atoms with Crippen LogP contribution in [0, 0.1) is 6.92 Å². The Labute approximate surface area is 107 Å². The maximum atomic E-state index is 12.2. The molecular formula is C13H20N2OS. The molecule has 4 heteroatoms. The van der Waals surface area contributed by atoms with E-state index in [2.05, 4.69) is 31.3 Å². The third-order valence-corrected chi connectivity index (χ3v) is 4.11. The molecule has 2 heterocycles. The Morgan fingerprint density at radius 2 is 2.35 bits per heavy atom. The third kappa shape index (κ3) is 3.07. The zero-order valence-corrected chi connectivity index (χ0v) is 11.3. The van der Waals surface area contributed by atoms with Gasteiger partial charge in [0, 0.05) is 16.3 Å². The minimum atomic E-state index is 0.0369. The van der Waals surface area contributed by atoms with Crippen LogP contribution in [0.25, 0.3) is 0 Å². The van der Waals surface area contributed by atoms with Gasteiger partial charge in [0.15, 0.2) is 0 Å². The molecule has 3 nitrogen and oxygen atoms in total. The van der Waals surface area contributed by atoms with Gasteiger partial charge in [-0.2, -0.15) is 0 Å². The zero-order chi connectivity index (χ0) is 12.3. The number of amides is 1. The lowest BCUT2D eigenvalue weighted by Crippen LogP contribution is -2.50. The molecule has 1 aromatic heterocycles. The Morgan fingerprint density at radius 1 is 1.53 bits per heavy atom. The average molecular weight is 252 g/mol. The second-order valence-corrected chi connectivity index (χ2v) is 5.90. The topological polar surface area (TPSA) is 32.3 Å². The highest BCUT2D eigenvalue weighted by Gasteiger charge is 2.27. The second-order valence-electron chi connectivity index (χ2n) is 4.52. The lowest BCUT2D eigenvalue weighted by molar-refractivity contribution is -0.136. The molecule has 1 amide bonds. The summed E-state index contributed by atoms with van der Waals surface area (Å²) in [4.78, 5) is 16.8. The summed E-state index contributed by atoms with van der Waals surface area (Å²) in [6.07, 6.45) is 2.08. The van der Waals surface area contributed by atoms with Crippen molar-refractivity contribution in [3.63, 3.8) is 0 Å². The van der Waals surface area contributed by atoms with E-state index in [1.54, 1.807) is 11.3 Å². The Morgan fingerprint density at radius 3 is 3.00 bits per heavy atom. The summed E-state index contributed by atoms with van der Waals surface area (Å²) >= 11 is 1.78. The van der Waals surface area contributed by atoms with E-state index in [0.29, 0.717) is 0 Å². The number of hydrogen-bond donors (Lipinski definition) is 1. The van der Waals surface area contributed by atoms with Crippen molar-refractivity contribution in [3.05, 3.63) is 21.9 Å². The molecule has 0 spiro atoms. The van der Waals surface area contributed by atoms with Gasteiger partial charge in [-0.15, -0.1) is 11.3 Å². The minimum absolute atomic E-state index is 0.0369. The number of nitrogens with zero attached hydrogens (tertiary/aromatic N) is 1. The number of carbonyl (C=O) groups excluding carboxylic acids is 1. The Bertz CT molecular complexity index is 387. The highest BCUT2D eigenvalue weighted by Crippen LogP contribution is 2.20.